The van der Waals surface area contributed by atoms with Crippen LogP contribution >= 0.6 is 0 Å². The highest BCUT2D eigenvalue weighted by atomic mass is 16.4. The van der Waals surface area contributed by atoms with Crippen LogP contribution in [0.3, 0.4) is 0 Å². The standard InChI is InChI=1S/C30H26N4O6/c35-25-7-5-21-27-17(11-23(29(37)38)33(21)25)15-3-1-13(9-19(15)31-27)14-2-4-16-18-12-24(30(39)40)34-22(6-8-26(34)36)28(18)32-20(16)10-14/h1-4,9-10,21-24,31-32H,5-8,11-12H2,(H,37,38)(H,39,40)/t21-,22-,23-,24-/m0/s1. The third-order valence-corrected chi connectivity index (χ3v) is 9.43. The molecule has 2 amide bonds. The van der Waals surface area contributed by atoms with E-state index in [1.54, 1.807) is 0 Å². The Balaban J connectivity index is 1.19. The Kier molecular flexibility index (Phi) is 4.64. The van der Waals surface area contributed by atoms with Gasteiger partial charge in [0.05, 0.1) is 12.1 Å². The Hall–Kier alpha value is -4.60. The third kappa shape index (κ3) is 3.04. The molecule has 40 heavy (non-hydrogen) atoms. The van der Waals surface area contributed by atoms with Gasteiger partial charge in [-0.1, -0.05) is 24.3 Å². The maximum absolute atomic E-state index is 12.5. The van der Waals surface area contributed by atoms with Crippen molar-refractivity contribution in [3.63, 3.8) is 0 Å². The molecule has 2 aromatic carbocycles. The maximum atomic E-state index is 12.5. The number of fused-ring (bicyclic) bond motifs is 10. The molecule has 4 atom stereocenters. The Bertz CT molecular complexity index is 1690. The van der Waals surface area contributed by atoms with Gasteiger partial charge in [0.1, 0.15) is 12.1 Å². The lowest BCUT2D eigenvalue weighted by Crippen LogP contribution is -2.47. The SMILES string of the molecule is O=C(O)[C@@H]1Cc2c([nH]c3cc(-c4ccc5c6c([nH]c5c4)[C@@H]4CCC(=O)N4[C@H](C(=O)O)C6)ccc23)[C@@H]2CCC(=O)N12. The van der Waals surface area contributed by atoms with Crippen LogP contribution in [0.4, 0.5) is 0 Å². The summed E-state index contributed by atoms with van der Waals surface area (Å²) in [6, 6.07) is 10.0. The van der Waals surface area contributed by atoms with Crippen molar-refractivity contribution in [2.75, 3.05) is 0 Å². The molecule has 8 rings (SSSR count). The number of nitrogens with one attached hydrogen (secondary N) is 2. The van der Waals surface area contributed by atoms with E-state index in [2.05, 4.69) is 22.1 Å². The predicted octanol–water partition coefficient (Wildman–Crippen LogP) is 3.66. The van der Waals surface area contributed by atoms with E-state index in [0.717, 1.165) is 55.4 Å². The Morgan fingerprint density at radius 3 is 1.52 bits per heavy atom. The minimum Gasteiger partial charge on any atom is -0.480 e. The molecule has 4 aliphatic rings. The van der Waals surface area contributed by atoms with Crippen molar-refractivity contribution in [1.82, 2.24) is 19.8 Å². The summed E-state index contributed by atoms with van der Waals surface area (Å²) < 4.78 is 0. The number of aromatic nitrogens is 2. The van der Waals surface area contributed by atoms with E-state index in [0.29, 0.717) is 25.7 Å². The van der Waals surface area contributed by atoms with E-state index < -0.39 is 24.0 Å². The fourth-order valence-electron chi connectivity index (χ4n) is 7.67. The second kappa shape index (κ2) is 7.97. The molecule has 0 spiro atoms. The highest BCUT2D eigenvalue weighted by molar-refractivity contribution is 5.96. The first-order chi connectivity index (χ1) is 19.3. The number of carbonyl (C=O) groups is 4. The molecular weight excluding hydrogens is 512 g/mol. The van der Waals surface area contributed by atoms with Crippen molar-refractivity contribution < 1.29 is 29.4 Å². The minimum atomic E-state index is -0.974. The summed E-state index contributed by atoms with van der Waals surface area (Å²) in [6.45, 7) is 0. The number of hydrogen-bond acceptors (Lipinski definition) is 4. The van der Waals surface area contributed by atoms with E-state index in [4.69, 9.17) is 0 Å². The lowest BCUT2D eigenvalue weighted by atomic mass is 9.91. The second-order valence-corrected chi connectivity index (χ2v) is 11.4. The minimum absolute atomic E-state index is 0.107. The summed E-state index contributed by atoms with van der Waals surface area (Å²) in [5.41, 5.74) is 7.60. The van der Waals surface area contributed by atoms with Crippen molar-refractivity contribution in [2.45, 2.75) is 62.7 Å². The van der Waals surface area contributed by atoms with Crippen molar-refractivity contribution in [1.29, 1.82) is 0 Å². The molecule has 0 unspecified atom stereocenters. The van der Waals surface area contributed by atoms with Crippen LogP contribution in [0.15, 0.2) is 36.4 Å². The summed E-state index contributed by atoms with van der Waals surface area (Å²) in [5, 5.41) is 21.6. The molecule has 0 bridgehead atoms. The summed E-state index contributed by atoms with van der Waals surface area (Å²) in [4.78, 5) is 59.1. The number of carboxylic acid groups (broad SMARTS) is 2. The van der Waals surface area contributed by atoms with E-state index in [-0.39, 0.29) is 36.7 Å². The molecule has 4 aliphatic heterocycles. The maximum Gasteiger partial charge on any atom is 0.326 e. The summed E-state index contributed by atoms with van der Waals surface area (Å²) >= 11 is 0. The molecule has 6 heterocycles. The highest BCUT2D eigenvalue weighted by Crippen LogP contribution is 2.45. The van der Waals surface area contributed by atoms with Crippen molar-refractivity contribution >= 4 is 45.6 Å². The molecule has 2 aromatic heterocycles. The second-order valence-electron chi connectivity index (χ2n) is 11.4. The van der Waals surface area contributed by atoms with Crippen LogP contribution in [-0.2, 0) is 32.0 Å². The van der Waals surface area contributed by atoms with Gasteiger partial charge in [-0.3, -0.25) is 9.59 Å². The lowest BCUT2D eigenvalue weighted by molar-refractivity contribution is -0.150. The average Bonchev–Trinajstić information content (AvgIpc) is 3.70. The van der Waals surface area contributed by atoms with E-state index in [9.17, 15) is 29.4 Å². The molecular formula is C30H26N4O6. The van der Waals surface area contributed by atoms with Crippen LogP contribution in [0.5, 0.6) is 0 Å². The first-order valence-electron chi connectivity index (χ1n) is 13.7. The van der Waals surface area contributed by atoms with Gasteiger partial charge >= 0.3 is 11.9 Å². The molecule has 10 nitrogen and oxygen atoms in total. The number of rotatable bonds is 3. The van der Waals surface area contributed by atoms with E-state index in [1.165, 1.54) is 9.80 Å². The first kappa shape index (κ1) is 23.3. The van der Waals surface area contributed by atoms with Gasteiger partial charge in [-0.05, 0) is 47.2 Å². The summed E-state index contributed by atoms with van der Waals surface area (Å²) in [5.74, 6) is -2.16. The molecule has 2 saturated heterocycles. The predicted molar refractivity (Wildman–Crippen MR) is 143 cm³/mol. The van der Waals surface area contributed by atoms with Gasteiger partial charge in [0, 0.05) is 58.9 Å². The largest absolute Gasteiger partial charge is 0.480 e. The van der Waals surface area contributed by atoms with Gasteiger partial charge < -0.3 is 30.0 Å². The number of aliphatic carboxylic acids is 2. The van der Waals surface area contributed by atoms with Gasteiger partial charge in [0.15, 0.2) is 0 Å². The highest BCUT2D eigenvalue weighted by Gasteiger charge is 2.47. The van der Waals surface area contributed by atoms with Crippen LogP contribution in [-0.4, -0.2) is 65.8 Å². The lowest BCUT2D eigenvalue weighted by Gasteiger charge is -2.35. The van der Waals surface area contributed by atoms with Crippen LogP contribution in [0.2, 0.25) is 0 Å². The first-order valence-corrected chi connectivity index (χ1v) is 13.7. The molecule has 0 aliphatic carbocycles. The van der Waals surface area contributed by atoms with Crippen molar-refractivity contribution in [2.24, 2.45) is 0 Å². The number of H-pyrrole nitrogens is 2. The van der Waals surface area contributed by atoms with Crippen LogP contribution < -0.4 is 0 Å². The Morgan fingerprint density at radius 1 is 0.700 bits per heavy atom. The zero-order valence-electron chi connectivity index (χ0n) is 21.4. The van der Waals surface area contributed by atoms with Gasteiger partial charge in [0.2, 0.25) is 11.8 Å². The molecule has 0 saturated carbocycles. The van der Waals surface area contributed by atoms with Gasteiger partial charge in [-0.25, -0.2) is 9.59 Å². The Labute approximate surface area is 227 Å². The van der Waals surface area contributed by atoms with Gasteiger partial charge in [-0.2, -0.15) is 0 Å². The number of carbonyl (C=O) groups excluding carboxylic acids is 2. The average molecular weight is 539 g/mol. The normalized spacial score (nSPS) is 25.3. The quantitative estimate of drug-likeness (QED) is 0.313. The molecule has 4 N–H and O–H groups in total. The zero-order chi connectivity index (χ0) is 27.4. The number of hydrogen-bond donors (Lipinski definition) is 4. The van der Waals surface area contributed by atoms with Crippen molar-refractivity contribution in [3.05, 3.63) is 58.9 Å². The number of amides is 2. The fraction of sp³-hybridized carbons (Fsp3) is 0.333. The smallest absolute Gasteiger partial charge is 0.326 e. The fourth-order valence-corrected chi connectivity index (χ4v) is 7.67. The monoisotopic (exact) mass is 538 g/mol. The number of benzene rings is 2. The molecule has 10 heteroatoms. The number of nitrogens with zero attached hydrogens (tertiary/aromatic N) is 2. The van der Waals surface area contributed by atoms with Crippen LogP contribution in [0.1, 0.15) is 60.3 Å². The molecule has 202 valence electrons. The van der Waals surface area contributed by atoms with Gasteiger partial charge in [0.25, 0.3) is 0 Å². The van der Waals surface area contributed by atoms with Crippen molar-refractivity contribution in [3.8, 4) is 11.1 Å². The van der Waals surface area contributed by atoms with E-state index >= 15 is 0 Å². The molecule has 4 aromatic rings. The number of carboxylic acids is 2. The Morgan fingerprint density at radius 2 is 1.12 bits per heavy atom. The van der Waals surface area contributed by atoms with Gasteiger partial charge in [-0.15, -0.1) is 0 Å². The van der Waals surface area contributed by atoms with Crippen LogP contribution in [0, 0.1) is 0 Å². The molecule has 2 fully saturated rings. The summed E-state index contributed by atoms with van der Waals surface area (Å²) in [7, 11) is 0. The topological polar surface area (TPSA) is 147 Å². The summed E-state index contributed by atoms with van der Waals surface area (Å²) in [6.07, 6.45) is 2.49. The molecule has 0 radical (unpaired) electrons. The third-order valence-electron chi connectivity index (χ3n) is 9.43. The number of aromatic amines is 2. The van der Waals surface area contributed by atoms with Crippen LogP contribution in [0.25, 0.3) is 32.9 Å². The van der Waals surface area contributed by atoms with E-state index in [1.807, 2.05) is 24.3 Å². The zero-order valence-corrected chi connectivity index (χ0v) is 21.4.